The van der Waals surface area contributed by atoms with E-state index in [1.165, 1.54) is 430 Å². The number of hydrogen-bond donors (Lipinski definition) is 1. The summed E-state index contributed by atoms with van der Waals surface area (Å²) in [5, 5.41) is 10.9. The van der Waals surface area contributed by atoms with Crippen LogP contribution in [0.1, 0.15) is 536 Å². The maximum atomic E-state index is 13.2. The summed E-state index contributed by atoms with van der Waals surface area (Å²) in [5.41, 5.74) is 0.200. The Labute approximate surface area is 696 Å². The molecule has 0 radical (unpaired) electrons. The van der Waals surface area contributed by atoms with E-state index in [-0.39, 0.29) is 22.6 Å². The third kappa shape index (κ3) is 59.1. The van der Waals surface area contributed by atoms with E-state index in [1.807, 2.05) is 21.0 Å². The van der Waals surface area contributed by atoms with Crippen LogP contribution in [-0.2, 0) is 28.3 Å². The Bertz CT molecular complexity index is 2280. The Morgan fingerprint density at radius 2 is 0.721 bits per heavy atom. The van der Waals surface area contributed by atoms with Crippen LogP contribution < -0.4 is 0 Å². The van der Waals surface area contributed by atoms with Crippen LogP contribution in [0.5, 0.6) is 0 Å². The van der Waals surface area contributed by atoms with Gasteiger partial charge >= 0.3 is 5.97 Å². The summed E-state index contributed by atoms with van der Waals surface area (Å²) in [6.45, 7) is 23.1. The second-order valence-electron chi connectivity index (χ2n) is 38.9. The fourth-order valence-electron chi connectivity index (χ4n) is 18.0. The lowest BCUT2D eigenvalue weighted by molar-refractivity contribution is -0.155. The largest absolute Gasteiger partial charge is 0.481 e. The van der Waals surface area contributed by atoms with Crippen molar-refractivity contribution in [3.8, 4) is 0 Å². The number of hydrogen-bond acceptors (Lipinski definition) is 6. The summed E-state index contributed by atoms with van der Waals surface area (Å²) in [6, 6.07) is 6.85. The van der Waals surface area contributed by atoms with E-state index in [0.29, 0.717) is 18.4 Å². The van der Waals surface area contributed by atoms with Gasteiger partial charge in [-0.1, -0.05) is 502 Å². The molecule has 1 aliphatic rings. The maximum Gasteiger partial charge on any atom is 0.311 e. The minimum atomic E-state index is -3.64. The Hall–Kier alpha value is -1.26. The minimum Gasteiger partial charge on any atom is -0.481 e. The molecule has 1 unspecified atom stereocenters. The minimum absolute atomic E-state index is 0.0497. The van der Waals surface area contributed by atoms with Crippen LogP contribution in [0.3, 0.4) is 0 Å². The molecular formula is C102H196O7SSi. The highest BCUT2D eigenvalue weighted by Gasteiger charge is 2.47. The zero-order valence-electron chi connectivity index (χ0n) is 76.8. The van der Waals surface area contributed by atoms with Crippen molar-refractivity contribution < 1.29 is 31.7 Å². The molecule has 9 heteroatoms. The van der Waals surface area contributed by atoms with Crippen LogP contribution in [0.2, 0.25) is 18.1 Å². The second kappa shape index (κ2) is 71.6. The third-order valence-corrected chi connectivity index (χ3v) is 33.2. The summed E-state index contributed by atoms with van der Waals surface area (Å²) >= 11 is 0. The lowest BCUT2D eigenvalue weighted by Crippen LogP contribution is -2.51. The van der Waals surface area contributed by atoms with Gasteiger partial charge in [0.2, 0.25) is 0 Å². The van der Waals surface area contributed by atoms with Gasteiger partial charge in [-0.25, -0.2) is 0 Å². The molecule has 0 amide bonds. The fraction of sp³-hybridized carbons (Fsp3) is 0.931. The molecule has 7 nitrogen and oxygen atoms in total. The molecule has 1 aromatic carbocycles. The van der Waals surface area contributed by atoms with Gasteiger partial charge in [0.1, 0.15) is 0 Å². The molecule has 0 saturated heterocycles. The van der Waals surface area contributed by atoms with Crippen molar-refractivity contribution in [2.24, 2.45) is 29.1 Å². The smallest absolute Gasteiger partial charge is 0.311 e. The maximum absolute atomic E-state index is 13.2. The van der Waals surface area contributed by atoms with Gasteiger partial charge < -0.3 is 14.3 Å². The molecule has 2 rings (SSSR count). The van der Waals surface area contributed by atoms with Gasteiger partial charge in [0.05, 0.1) is 29.1 Å². The molecule has 0 spiro atoms. The average Bonchev–Trinajstić information content (AvgIpc) is 1.73. The number of carbonyl (C=O) groups is 1. The van der Waals surface area contributed by atoms with Crippen LogP contribution in [-0.4, -0.2) is 53.7 Å². The number of carboxylic acids is 1. The van der Waals surface area contributed by atoms with Gasteiger partial charge in [0.15, 0.2) is 8.32 Å². The first-order chi connectivity index (χ1) is 53.8. The lowest BCUT2D eigenvalue weighted by atomic mass is 9.77. The van der Waals surface area contributed by atoms with Crippen LogP contribution in [0.25, 0.3) is 0 Å². The number of aliphatic carboxylic acids is 1. The molecule has 111 heavy (non-hydrogen) atoms. The van der Waals surface area contributed by atoms with E-state index in [4.69, 9.17) is 13.3 Å². The van der Waals surface area contributed by atoms with E-state index in [2.05, 4.69) is 54.6 Å². The molecule has 0 aliphatic heterocycles. The highest BCUT2D eigenvalue weighted by Crippen LogP contribution is 2.49. The summed E-state index contributed by atoms with van der Waals surface area (Å²) in [6.07, 6.45) is 102. The van der Waals surface area contributed by atoms with Crippen LogP contribution in [0, 0.1) is 36.0 Å². The molecule has 1 N–H and O–H groups in total. The number of carboxylic acid groups (broad SMARTS) is 1. The van der Waals surface area contributed by atoms with Gasteiger partial charge in [-0.05, 0) is 106 Å². The molecule has 0 bridgehead atoms. The Morgan fingerprint density at radius 1 is 0.423 bits per heavy atom. The lowest BCUT2D eigenvalue weighted by Gasteiger charge is -2.44. The average molecular weight is 1590 g/mol. The molecule has 1 fully saturated rings. The van der Waals surface area contributed by atoms with E-state index in [0.717, 1.165) is 68.3 Å². The summed E-state index contributed by atoms with van der Waals surface area (Å²) in [5.74, 6) is 3.12. The van der Waals surface area contributed by atoms with Crippen molar-refractivity contribution in [1.29, 1.82) is 0 Å². The molecule has 1 aromatic rings. The van der Waals surface area contributed by atoms with Gasteiger partial charge in [-0.3, -0.25) is 8.98 Å². The van der Waals surface area contributed by atoms with Crippen molar-refractivity contribution in [2.75, 3.05) is 13.7 Å². The third-order valence-electron chi connectivity index (χ3n) is 27.4. The van der Waals surface area contributed by atoms with E-state index < -0.39 is 29.8 Å². The normalized spacial score (nSPS) is 15.8. The van der Waals surface area contributed by atoms with Gasteiger partial charge in [0, 0.05) is 7.11 Å². The summed E-state index contributed by atoms with van der Waals surface area (Å²) in [7, 11) is -3.83. The van der Waals surface area contributed by atoms with Crippen molar-refractivity contribution in [3.05, 3.63) is 29.8 Å². The molecule has 7 atom stereocenters. The van der Waals surface area contributed by atoms with Crippen molar-refractivity contribution >= 4 is 24.4 Å². The van der Waals surface area contributed by atoms with Crippen LogP contribution >= 0.6 is 0 Å². The highest BCUT2D eigenvalue weighted by atomic mass is 32.2. The van der Waals surface area contributed by atoms with Crippen molar-refractivity contribution in [2.45, 2.75) is 572 Å². The number of benzene rings is 1. The molecular weight excluding hydrogens is 1400 g/mol. The Balaban J connectivity index is 1.34. The first-order valence-electron chi connectivity index (χ1n) is 50.2. The topological polar surface area (TPSA) is 99.1 Å². The SMILES string of the molecule is CCCCCCCCCCCCCCCCCC[C@H](C)[C@H](CCCCCCCCCCCCCCCC[C@H](C)C1C[C@H]1CCCCCCCCCCCCCCCCCC[C@@H](O[Si](C)(C)C(C)(C)C)[C@@](C)(CCCCCCCCCCCCCCCCCCCCCCCCOS(=O)(=O)c1ccc(C)cc1)C(=O)O)OC. The monoisotopic (exact) mass is 1590 g/mol. The number of unbranched alkanes of at least 4 members (excludes halogenated alkanes) is 64. The molecule has 0 aromatic heterocycles. The fourth-order valence-corrected chi connectivity index (χ4v) is 20.4. The molecule has 656 valence electrons. The zero-order chi connectivity index (χ0) is 80.9. The quantitative estimate of drug-likeness (QED) is 0.0394. The van der Waals surface area contributed by atoms with Gasteiger partial charge in [-0.2, -0.15) is 8.42 Å². The first-order valence-corrected chi connectivity index (χ1v) is 54.5. The summed E-state index contributed by atoms with van der Waals surface area (Å²) < 4.78 is 43.0. The van der Waals surface area contributed by atoms with E-state index >= 15 is 0 Å². The Morgan fingerprint density at radius 3 is 1.05 bits per heavy atom. The molecule has 1 saturated carbocycles. The number of rotatable bonds is 87. The van der Waals surface area contributed by atoms with Gasteiger partial charge in [-0.15, -0.1) is 0 Å². The number of aryl methyl sites for hydroxylation is 1. The van der Waals surface area contributed by atoms with Gasteiger partial charge in [0.25, 0.3) is 10.1 Å². The van der Waals surface area contributed by atoms with E-state index in [1.54, 1.807) is 24.3 Å². The number of ether oxygens (including phenoxy) is 1. The standard InChI is InChI=1S/C102H196O7SSi/c1-12-13-14-15-16-17-18-19-20-31-39-46-53-60-67-74-81-94(4)98(107-9)83-76-69-62-55-48-41-35-34-38-45-52-59-66-73-80-93(3)97-91-95(97)82-75-68-61-54-47-40-32-27-28-33-42-49-56-63-70-77-84-99(109-111(10,11)101(5,6)7)102(8,100(103)104)89-78-71-64-57-50-43-36-29-25-23-21-22-24-26-30-37-44-51-58-65-72-79-90-108-110(105,106)96-87-85-92(2)86-88-96/h85-88,93-95,97-99H,12-84,89-91H2,1-11H3,(H,103,104)/t93-,94-,95+,97?,98-,99+,102+/m0/s1. The van der Waals surface area contributed by atoms with Crippen LogP contribution in [0.4, 0.5) is 0 Å². The number of methoxy groups -OCH3 is 1. The molecule has 1 aliphatic carbocycles. The van der Waals surface area contributed by atoms with Crippen molar-refractivity contribution in [3.63, 3.8) is 0 Å². The second-order valence-corrected chi connectivity index (χ2v) is 45.3. The van der Waals surface area contributed by atoms with Crippen LogP contribution in [0.15, 0.2) is 29.2 Å². The predicted molar refractivity (Wildman–Crippen MR) is 490 cm³/mol. The van der Waals surface area contributed by atoms with Crippen molar-refractivity contribution in [1.82, 2.24) is 0 Å². The van der Waals surface area contributed by atoms with E-state index in [9.17, 15) is 18.3 Å². The Kier molecular flexibility index (Phi) is 68.3. The zero-order valence-corrected chi connectivity index (χ0v) is 78.6. The molecule has 0 heterocycles. The summed E-state index contributed by atoms with van der Waals surface area (Å²) in [4.78, 5) is 13.4. The predicted octanol–water partition coefficient (Wildman–Crippen LogP) is 35.0. The first kappa shape index (κ1) is 106. The highest BCUT2D eigenvalue weighted by molar-refractivity contribution is 7.86.